The van der Waals surface area contributed by atoms with Gasteiger partial charge in [0, 0.05) is 12.1 Å². The van der Waals surface area contributed by atoms with E-state index < -0.39 is 0 Å². The third kappa shape index (κ3) is 1.30. The molecule has 2 aliphatic rings. The van der Waals surface area contributed by atoms with Gasteiger partial charge in [0.2, 0.25) is 0 Å². The summed E-state index contributed by atoms with van der Waals surface area (Å²) >= 11 is 0. The minimum Gasteiger partial charge on any atom is -0.397 e. The van der Waals surface area contributed by atoms with Gasteiger partial charge < -0.3 is 5.73 Å². The fourth-order valence-electron chi connectivity index (χ4n) is 1.85. The Morgan fingerprint density at radius 1 is 1.15 bits per heavy atom. The van der Waals surface area contributed by atoms with E-state index in [1.165, 1.54) is 31.2 Å². The number of anilines is 1. The molecule has 68 valence electrons. The normalized spacial score (nSPS) is 21.8. The topological polar surface area (TPSA) is 38.9 Å². The first kappa shape index (κ1) is 7.36. The molecule has 13 heavy (non-hydrogen) atoms. The lowest BCUT2D eigenvalue weighted by Gasteiger charge is -2.04. The monoisotopic (exact) mass is 174 g/mol. The van der Waals surface area contributed by atoms with Crippen molar-refractivity contribution in [2.45, 2.75) is 37.5 Å². The maximum absolute atomic E-state index is 5.97. The van der Waals surface area contributed by atoms with Crippen molar-refractivity contribution in [2.75, 3.05) is 5.73 Å². The second-order valence-electron chi connectivity index (χ2n) is 4.29. The quantitative estimate of drug-likeness (QED) is 0.747. The van der Waals surface area contributed by atoms with Crippen LogP contribution in [0.15, 0.2) is 12.3 Å². The van der Waals surface area contributed by atoms with Gasteiger partial charge in [0.25, 0.3) is 0 Å². The zero-order valence-electron chi connectivity index (χ0n) is 7.66. The maximum Gasteiger partial charge on any atom is 0.0663 e. The molecule has 1 aromatic rings. The second-order valence-corrected chi connectivity index (χ2v) is 4.29. The van der Waals surface area contributed by atoms with Crippen molar-refractivity contribution in [2.24, 2.45) is 0 Å². The van der Waals surface area contributed by atoms with Crippen molar-refractivity contribution in [1.82, 2.24) is 4.98 Å². The molecule has 0 radical (unpaired) electrons. The Kier molecular flexibility index (Phi) is 1.40. The molecule has 0 unspecified atom stereocenters. The van der Waals surface area contributed by atoms with Gasteiger partial charge in [-0.1, -0.05) is 0 Å². The highest BCUT2D eigenvalue weighted by molar-refractivity contribution is 5.49. The van der Waals surface area contributed by atoms with Gasteiger partial charge in [0.05, 0.1) is 11.4 Å². The minimum atomic E-state index is 0.674. The highest BCUT2D eigenvalue weighted by Gasteiger charge is 2.29. The molecule has 2 N–H and O–H groups in total. The van der Waals surface area contributed by atoms with E-state index in [9.17, 15) is 0 Å². The van der Waals surface area contributed by atoms with Crippen LogP contribution in [-0.4, -0.2) is 4.98 Å². The molecule has 2 saturated carbocycles. The lowest BCUT2D eigenvalue weighted by Crippen LogP contribution is -1.97. The van der Waals surface area contributed by atoms with Gasteiger partial charge in [0.1, 0.15) is 0 Å². The van der Waals surface area contributed by atoms with Crippen molar-refractivity contribution in [3.8, 4) is 0 Å². The van der Waals surface area contributed by atoms with E-state index in [2.05, 4.69) is 11.1 Å². The standard InChI is InChI=1S/C11H14N2/c12-10-5-9(7-1-2-7)6-13-11(10)8-3-4-8/h5-8H,1-4,12H2. The molecule has 1 heterocycles. The van der Waals surface area contributed by atoms with Gasteiger partial charge in [-0.25, -0.2) is 0 Å². The summed E-state index contributed by atoms with van der Waals surface area (Å²) in [5, 5.41) is 0. The third-order valence-electron chi connectivity index (χ3n) is 2.98. The average molecular weight is 174 g/mol. The first-order valence-electron chi connectivity index (χ1n) is 5.10. The number of hydrogen-bond donors (Lipinski definition) is 1. The Balaban J connectivity index is 1.95. The van der Waals surface area contributed by atoms with E-state index in [0.29, 0.717) is 5.92 Å². The molecule has 2 nitrogen and oxygen atoms in total. The molecule has 3 rings (SSSR count). The summed E-state index contributed by atoms with van der Waals surface area (Å²) in [4.78, 5) is 4.48. The van der Waals surface area contributed by atoms with Crippen molar-refractivity contribution >= 4 is 5.69 Å². The summed E-state index contributed by atoms with van der Waals surface area (Å²) in [5.41, 5.74) is 9.38. The van der Waals surface area contributed by atoms with Crippen molar-refractivity contribution in [3.63, 3.8) is 0 Å². The van der Waals surface area contributed by atoms with Gasteiger partial charge in [-0.15, -0.1) is 0 Å². The fourth-order valence-corrected chi connectivity index (χ4v) is 1.85. The van der Waals surface area contributed by atoms with Gasteiger partial charge >= 0.3 is 0 Å². The van der Waals surface area contributed by atoms with Crippen LogP contribution in [0.25, 0.3) is 0 Å². The SMILES string of the molecule is Nc1cc(C2CC2)cnc1C1CC1. The predicted octanol–water partition coefficient (Wildman–Crippen LogP) is 2.42. The van der Waals surface area contributed by atoms with Crippen LogP contribution in [0.3, 0.4) is 0 Å². The fraction of sp³-hybridized carbons (Fsp3) is 0.545. The number of nitrogens with zero attached hydrogens (tertiary/aromatic N) is 1. The van der Waals surface area contributed by atoms with E-state index in [1.807, 2.05) is 6.20 Å². The summed E-state index contributed by atoms with van der Waals surface area (Å²) in [6.45, 7) is 0. The summed E-state index contributed by atoms with van der Waals surface area (Å²) < 4.78 is 0. The van der Waals surface area contributed by atoms with E-state index in [-0.39, 0.29) is 0 Å². The number of pyridine rings is 1. The van der Waals surface area contributed by atoms with Gasteiger partial charge in [0.15, 0.2) is 0 Å². The molecule has 0 atom stereocenters. The first-order valence-corrected chi connectivity index (χ1v) is 5.10. The molecule has 0 aromatic carbocycles. The Bertz CT molecular complexity index is 338. The largest absolute Gasteiger partial charge is 0.397 e. The number of nitrogens with two attached hydrogens (primary N) is 1. The van der Waals surface area contributed by atoms with Crippen LogP contribution in [0.5, 0.6) is 0 Å². The average Bonchev–Trinajstić information content (AvgIpc) is 3.00. The van der Waals surface area contributed by atoms with Crippen LogP contribution in [0, 0.1) is 0 Å². The first-order chi connectivity index (χ1) is 6.34. The number of hydrogen-bond acceptors (Lipinski definition) is 2. The molecule has 2 fully saturated rings. The van der Waals surface area contributed by atoms with Crippen LogP contribution in [0.4, 0.5) is 5.69 Å². The Morgan fingerprint density at radius 2 is 1.85 bits per heavy atom. The smallest absolute Gasteiger partial charge is 0.0663 e. The summed E-state index contributed by atoms with van der Waals surface area (Å²) in [6.07, 6.45) is 7.23. The summed E-state index contributed by atoms with van der Waals surface area (Å²) in [5.74, 6) is 1.44. The Labute approximate surface area is 78.2 Å². The van der Waals surface area contributed by atoms with Crippen molar-refractivity contribution in [1.29, 1.82) is 0 Å². The zero-order valence-corrected chi connectivity index (χ0v) is 7.66. The lowest BCUT2D eigenvalue weighted by atomic mass is 10.1. The molecular formula is C11H14N2. The van der Waals surface area contributed by atoms with Gasteiger partial charge in [-0.2, -0.15) is 0 Å². The third-order valence-corrected chi connectivity index (χ3v) is 2.98. The second kappa shape index (κ2) is 2.47. The van der Waals surface area contributed by atoms with Crippen LogP contribution in [-0.2, 0) is 0 Å². The van der Waals surface area contributed by atoms with E-state index in [1.54, 1.807) is 0 Å². The van der Waals surface area contributed by atoms with E-state index >= 15 is 0 Å². The van der Waals surface area contributed by atoms with Crippen LogP contribution >= 0.6 is 0 Å². The molecule has 2 heteroatoms. The van der Waals surface area contributed by atoms with Gasteiger partial charge in [-0.05, 0) is 43.2 Å². The lowest BCUT2D eigenvalue weighted by molar-refractivity contribution is 0.997. The Morgan fingerprint density at radius 3 is 2.38 bits per heavy atom. The van der Waals surface area contributed by atoms with Crippen LogP contribution in [0.2, 0.25) is 0 Å². The summed E-state index contributed by atoms with van der Waals surface area (Å²) in [6, 6.07) is 2.14. The maximum atomic E-state index is 5.97. The highest BCUT2D eigenvalue weighted by atomic mass is 14.8. The Hall–Kier alpha value is -1.05. The van der Waals surface area contributed by atoms with Crippen molar-refractivity contribution in [3.05, 3.63) is 23.5 Å². The predicted molar refractivity (Wildman–Crippen MR) is 52.6 cm³/mol. The molecule has 1 aromatic heterocycles. The molecule has 0 bridgehead atoms. The summed E-state index contributed by atoms with van der Waals surface area (Å²) in [7, 11) is 0. The molecule has 2 aliphatic carbocycles. The number of rotatable bonds is 2. The van der Waals surface area contributed by atoms with Crippen LogP contribution in [0.1, 0.15) is 48.8 Å². The molecule has 0 aliphatic heterocycles. The van der Waals surface area contributed by atoms with E-state index in [0.717, 1.165) is 17.3 Å². The zero-order chi connectivity index (χ0) is 8.84. The number of nitrogen functional groups attached to an aromatic ring is 1. The van der Waals surface area contributed by atoms with E-state index in [4.69, 9.17) is 5.73 Å². The van der Waals surface area contributed by atoms with Crippen LogP contribution < -0.4 is 5.73 Å². The highest BCUT2D eigenvalue weighted by Crippen LogP contribution is 2.44. The van der Waals surface area contributed by atoms with Crippen molar-refractivity contribution < 1.29 is 0 Å². The molecule has 0 saturated heterocycles. The minimum absolute atomic E-state index is 0.674. The molecular weight excluding hydrogens is 160 g/mol. The molecule has 0 spiro atoms. The molecule has 0 amide bonds. The van der Waals surface area contributed by atoms with Gasteiger partial charge in [-0.3, -0.25) is 4.98 Å². The number of aromatic nitrogens is 1.